The molecule has 94 heavy (non-hydrogen) atoms. The van der Waals surface area contributed by atoms with Gasteiger partial charge in [-0.3, -0.25) is 13.3 Å². The molecule has 20 nitrogen and oxygen atoms in total. The number of carbonyl (C=O) groups is 1. The number of benzene rings is 4. The van der Waals surface area contributed by atoms with E-state index in [9.17, 15) is 35.8 Å². The van der Waals surface area contributed by atoms with E-state index in [0.717, 1.165) is 151 Å². The number of aromatic nitrogens is 2. The van der Waals surface area contributed by atoms with Crippen molar-refractivity contribution in [3.8, 4) is 0 Å². The topological polar surface area (TPSA) is 254 Å². The molecule has 4 aliphatic rings. The Bertz CT molecular complexity index is 4040. The second-order valence-corrected chi connectivity index (χ2v) is 42.3. The van der Waals surface area contributed by atoms with Gasteiger partial charge in [-0.25, -0.2) is 46.8 Å². The first-order valence-corrected chi connectivity index (χ1v) is 45.5. The molecular formula is C69H96N10O10S2Si3. The quantitative estimate of drug-likeness (QED) is 0.0166. The Morgan fingerprint density at radius 3 is 1.17 bits per heavy atom. The van der Waals surface area contributed by atoms with E-state index in [1.807, 2.05) is 72.8 Å². The summed E-state index contributed by atoms with van der Waals surface area (Å²) in [5.41, 5.74) is 4.48. The fraction of sp³-hybridized carbons (Fsp3) is 0.522. The maximum atomic E-state index is 11.9. The summed E-state index contributed by atoms with van der Waals surface area (Å²) in [7, 11) is -19.8. The maximum absolute atomic E-state index is 11.9. The van der Waals surface area contributed by atoms with Crippen LogP contribution in [0.25, 0.3) is 21.5 Å². The molecule has 1 N–H and O–H groups in total. The van der Waals surface area contributed by atoms with Crippen LogP contribution in [0.5, 0.6) is 0 Å². The number of aliphatic carboxylic acids is 1. The normalized spacial score (nSPS) is 18.6. The molecule has 0 spiro atoms. The van der Waals surface area contributed by atoms with Gasteiger partial charge in [-0.2, -0.15) is 0 Å². The summed E-state index contributed by atoms with van der Waals surface area (Å²) in [6.07, 6.45) is 12.9. The number of hydrogen-bond acceptors (Lipinski definition) is 15. The van der Waals surface area contributed by atoms with Gasteiger partial charge >= 0.3 is 14.9 Å². The smallest absolute Gasteiger partial charge is 0.582 e. The van der Waals surface area contributed by atoms with Crippen LogP contribution in [-0.4, -0.2) is 167 Å². The molecule has 6 heterocycles. The van der Waals surface area contributed by atoms with Crippen LogP contribution in [0.3, 0.4) is 0 Å². The predicted octanol–water partition coefficient (Wildman–Crippen LogP) is 12.3. The van der Waals surface area contributed by atoms with Crippen molar-refractivity contribution in [2.45, 2.75) is 168 Å². The van der Waals surface area contributed by atoms with E-state index in [2.05, 4.69) is 79.7 Å². The zero-order valence-corrected chi connectivity index (χ0v) is 60.8. The zero-order chi connectivity index (χ0) is 66.9. The van der Waals surface area contributed by atoms with Gasteiger partial charge in [0, 0.05) is 61.7 Å². The molecular weight excluding hydrogens is 1280 g/mol. The van der Waals surface area contributed by atoms with E-state index in [1.54, 1.807) is 0 Å². The lowest BCUT2D eigenvalue weighted by molar-refractivity contribution is -0.929. The SMILES string of the molecule is CCCCC[N+](CCCC)(CCCCCC(=O)O)CCC[Si](C)(C)O[Si]1(O[Si](C)(C)CCC[N+](CCCC)(CCCCS(=O)(=O)[O-])CCCCS(=O)(=O)[O-])n2c3c4ccccc4c2/N=C2N=C(/N=c4/c5ccccc5/c(n41)=N/C1=NC(=N\3)/c3ccccc31)c1ccccc1\2. The van der Waals surface area contributed by atoms with Crippen LogP contribution in [0.2, 0.25) is 38.3 Å². The molecule has 4 aromatic carbocycles. The van der Waals surface area contributed by atoms with Crippen LogP contribution in [0.1, 0.15) is 152 Å². The first kappa shape index (κ1) is 70.8. The molecule has 4 aliphatic heterocycles. The molecule has 2 unspecified atom stereocenters. The molecule has 506 valence electrons. The molecule has 0 fully saturated rings. The summed E-state index contributed by atoms with van der Waals surface area (Å²) in [5.74, 6) is 1.45. The first-order chi connectivity index (χ1) is 44.9. The zero-order valence-electron chi connectivity index (χ0n) is 56.2. The average Bonchev–Trinajstić information content (AvgIpc) is 1.53. The summed E-state index contributed by atoms with van der Waals surface area (Å²) < 4.78 is 94.9. The van der Waals surface area contributed by atoms with Gasteiger partial charge in [0.25, 0.3) is 0 Å². The number of nitrogens with zero attached hydrogens (tertiary/aromatic N) is 10. The fourth-order valence-electron chi connectivity index (χ4n) is 14.5. The number of quaternary nitrogens is 2. The Morgan fingerprint density at radius 2 is 0.787 bits per heavy atom. The highest BCUT2D eigenvalue weighted by Crippen LogP contribution is 2.45. The van der Waals surface area contributed by atoms with E-state index in [1.165, 1.54) is 0 Å². The highest BCUT2D eigenvalue weighted by Gasteiger charge is 2.58. The van der Waals surface area contributed by atoms with E-state index >= 15 is 0 Å². The first-order valence-electron chi connectivity index (χ1n) is 34.4. The van der Waals surface area contributed by atoms with Crippen LogP contribution in [0, 0.1) is 0 Å². The molecule has 2 atom stereocenters. The third-order valence-electron chi connectivity index (χ3n) is 19.2. The lowest BCUT2D eigenvalue weighted by Gasteiger charge is -2.44. The van der Waals surface area contributed by atoms with Crippen LogP contribution in [0.4, 0.5) is 11.6 Å². The van der Waals surface area contributed by atoms with Crippen molar-refractivity contribution in [3.05, 3.63) is 130 Å². The summed E-state index contributed by atoms with van der Waals surface area (Å²) in [4.78, 5) is 45.4. The fourth-order valence-corrected chi connectivity index (χ4v) is 28.2. The number of rotatable bonds is 38. The van der Waals surface area contributed by atoms with Crippen molar-refractivity contribution in [3.63, 3.8) is 0 Å². The standard InChI is InChI=1S/C69H96N10O10S2Si3/c1-8-11-24-43-78(41-12-9-2,44-25-14-15-40-61(80)81)47-30-51-92(4,5)88-94(89-93(6,7)52-31-48-79(42-13-10-3,45-26-28-49-90(82,83)84)46-27-29-50-91(85,86)87)76-66-57-36-20-21-37-58(57)68(76)74-64-55-34-18-19-35-56(55)65(71-64)75-69-60-39-23-22-38-59(60)67(77(69)94)73-63-54-33-17-16-32-53(54)62(70-63)72-66/h16-23,32-39H,8-15,24-31,40-52H2,1-7H3,(H-2,80,81,82,83,84,85,86,87)/b72-62-,72-66?,73-63?,73-67-,74-64-,74-68?,75-65?,75-69-. The molecule has 10 rings (SSSR count). The van der Waals surface area contributed by atoms with Gasteiger partial charge in [0.1, 0.15) is 22.6 Å². The second-order valence-electron chi connectivity index (χ2n) is 27.6. The number of carboxylic acids is 1. The van der Waals surface area contributed by atoms with Crippen LogP contribution < -0.4 is 11.0 Å². The Hall–Kier alpha value is -5.98. The minimum atomic E-state index is -4.65. The van der Waals surface area contributed by atoms with Gasteiger partial charge in [0.15, 0.2) is 40.0 Å². The molecule has 0 radical (unpaired) electrons. The lowest BCUT2D eigenvalue weighted by Crippen LogP contribution is -2.70. The molecule has 6 bridgehead atoms. The Labute approximate surface area is 558 Å². The number of carboxylic acid groups (broad SMARTS) is 1. The van der Waals surface area contributed by atoms with E-state index in [-0.39, 0.29) is 19.3 Å². The monoisotopic (exact) mass is 1370 g/mol. The third-order valence-corrected chi connectivity index (χ3v) is 32.5. The van der Waals surface area contributed by atoms with Gasteiger partial charge in [-0.1, -0.05) is 137 Å². The van der Waals surface area contributed by atoms with Gasteiger partial charge in [-0.05, 0) is 122 Å². The molecule has 0 saturated heterocycles. The van der Waals surface area contributed by atoms with Crippen molar-refractivity contribution >= 4 is 108 Å². The van der Waals surface area contributed by atoms with Gasteiger partial charge < -0.3 is 31.4 Å². The number of aliphatic imine (C=N–C) groups is 4. The van der Waals surface area contributed by atoms with Crippen LogP contribution in [-0.2, 0) is 33.3 Å². The Kier molecular flexibility index (Phi) is 22.7. The van der Waals surface area contributed by atoms with Crippen molar-refractivity contribution in [2.24, 2.45) is 30.0 Å². The van der Waals surface area contributed by atoms with Gasteiger partial charge in [0.2, 0.25) is 0 Å². The molecule has 0 amide bonds. The Morgan fingerprint density at radius 1 is 0.447 bits per heavy atom. The largest absolute Gasteiger partial charge is 0.748 e. The number of amidine groups is 4. The maximum Gasteiger partial charge on any atom is 0.582 e. The van der Waals surface area contributed by atoms with Crippen molar-refractivity contribution < 1.29 is 53.0 Å². The van der Waals surface area contributed by atoms with E-state index < -0.39 is 63.2 Å². The minimum Gasteiger partial charge on any atom is -0.748 e. The highest BCUT2D eigenvalue weighted by atomic mass is 32.2. The molecule has 0 saturated carbocycles. The number of hydrogen-bond donors (Lipinski definition) is 1. The predicted molar refractivity (Wildman–Crippen MR) is 380 cm³/mol. The minimum absolute atomic E-state index is 0.178. The van der Waals surface area contributed by atoms with E-state index in [4.69, 9.17) is 38.2 Å². The summed E-state index contributed by atoms with van der Waals surface area (Å²) >= 11 is 0. The highest BCUT2D eigenvalue weighted by molar-refractivity contribution is 7.85. The molecule has 6 aromatic rings. The average molecular weight is 1370 g/mol. The number of fused-ring (bicyclic) bond motifs is 14. The van der Waals surface area contributed by atoms with Crippen molar-refractivity contribution in [2.75, 3.05) is 63.9 Å². The Balaban J connectivity index is 1.20. The van der Waals surface area contributed by atoms with Crippen molar-refractivity contribution in [1.29, 1.82) is 0 Å². The molecule has 2 aromatic heterocycles. The second kappa shape index (κ2) is 30.2. The third kappa shape index (κ3) is 16.7. The summed E-state index contributed by atoms with van der Waals surface area (Å²) in [6, 6.07) is 34.1. The van der Waals surface area contributed by atoms with Crippen LogP contribution >= 0.6 is 0 Å². The molecule has 25 heteroatoms. The molecule has 0 aliphatic carbocycles. The van der Waals surface area contributed by atoms with Gasteiger partial charge in [0.05, 0.1) is 72.6 Å². The van der Waals surface area contributed by atoms with Gasteiger partial charge in [-0.15, -0.1) is 0 Å². The summed E-state index contributed by atoms with van der Waals surface area (Å²) in [5, 5.41) is 12.9. The van der Waals surface area contributed by atoms with E-state index in [0.29, 0.717) is 102 Å². The number of unbranched alkanes of at least 4 members (excludes halogenated alkanes) is 8. The summed E-state index contributed by atoms with van der Waals surface area (Å²) in [6.45, 7) is 22.5. The van der Waals surface area contributed by atoms with Crippen molar-refractivity contribution in [1.82, 2.24) is 8.47 Å². The lowest BCUT2D eigenvalue weighted by atomic mass is 10.1. The van der Waals surface area contributed by atoms with Crippen LogP contribution in [0.15, 0.2) is 127 Å².